The van der Waals surface area contributed by atoms with Gasteiger partial charge in [-0.15, -0.1) is 0 Å². The minimum atomic E-state index is 0.104. The van der Waals surface area contributed by atoms with E-state index in [1.807, 2.05) is 0 Å². The van der Waals surface area contributed by atoms with Gasteiger partial charge in [0.1, 0.15) is 0 Å². The monoisotopic (exact) mass is 751 g/mol. The summed E-state index contributed by atoms with van der Waals surface area (Å²) in [5, 5.41) is 2.57. The van der Waals surface area contributed by atoms with Gasteiger partial charge in [0.15, 0.2) is 0 Å². The van der Waals surface area contributed by atoms with Gasteiger partial charge in [-0.05, 0) is 164 Å². The van der Waals surface area contributed by atoms with Gasteiger partial charge in [-0.3, -0.25) is 0 Å². The average molecular weight is 752 g/mol. The Morgan fingerprint density at radius 2 is 1.19 bits per heavy atom. The first kappa shape index (κ1) is 34.6. The normalized spacial score (nSPS) is 25.2. The number of benzene rings is 7. The molecule has 0 amide bonds. The van der Waals surface area contributed by atoms with E-state index in [2.05, 4.69) is 184 Å². The first-order valence-electron chi connectivity index (χ1n) is 22.1. The maximum atomic E-state index is 2.60. The summed E-state index contributed by atoms with van der Waals surface area (Å²) in [5.74, 6) is 3.29. The zero-order valence-corrected chi connectivity index (χ0v) is 34.4. The van der Waals surface area contributed by atoms with Crippen LogP contribution in [0.2, 0.25) is 0 Å². The molecule has 0 heterocycles. The summed E-state index contributed by atoms with van der Waals surface area (Å²) < 4.78 is 0. The molecule has 0 radical (unpaired) electrons. The van der Waals surface area contributed by atoms with Crippen LogP contribution in [0.4, 0.5) is 17.1 Å². The van der Waals surface area contributed by atoms with Crippen molar-refractivity contribution in [1.82, 2.24) is 0 Å². The zero-order chi connectivity index (χ0) is 39.0. The number of anilines is 3. The highest BCUT2D eigenvalue weighted by Crippen LogP contribution is 2.73. The molecule has 1 spiro atoms. The van der Waals surface area contributed by atoms with Crippen molar-refractivity contribution >= 4 is 27.8 Å². The molecule has 5 atom stereocenters. The predicted molar refractivity (Wildman–Crippen MR) is 243 cm³/mol. The highest BCUT2D eigenvalue weighted by Gasteiger charge is 2.66. The Morgan fingerprint density at radius 3 is 2.07 bits per heavy atom. The highest BCUT2D eigenvalue weighted by molar-refractivity contribution is 5.98. The molecule has 58 heavy (non-hydrogen) atoms. The molecule has 4 saturated carbocycles. The van der Waals surface area contributed by atoms with Gasteiger partial charge >= 0.3 is 0 Å². The molecule has 286 valence electrons. The van der Waals surface area contributed by atoms with Gasteiger partial charge in [-0.1, -0.05) is 149 Å². The lowest BCUT2D eigenvalue weighted by molar-refractivity contribution is 0.191. The maximum Gasteiger partial charge on any atom is 0.0543 e. The Hall–Kier alpha value is -5.40. The summed E-state index contributed by atoms with van der Waals surface area (Å²) in [6, 6.07) is 58.4. The van der Waals surface area contributed by atoms with Crippen molar-refractivity contribution in [3.05, 3.63) is 174 Å². The van der Waals surface area contributed by atoms with Crippen LogP contribution in [-0.2, 0) is 16.2 Å². The molecule has 13 rings (SSSR count). The topological polar surface area (TPSA) is 3.24 Å². The first-order valence-corrected chi connectivity index (χ1v) is 22.1. The fourth-order valence-electron chi connectivity index (χ4n) is 13.7. The van der Waals surface area contributed by atoms with Crippen LogP contribution in [-0.4, -0.2) is 0 Å². The number of rotatable bonds is 5. The van der Waals surface area contributed by atoms with Crippen molar-refractivity contribution < 1.29 is 0 Å². The van der Waals surface area contributed by atoms with Gasteiger partial charge in [0, 0.05) is 22.4 Å². The predicted octanol–water partition coefficient (Wildman–Crippen LogP) is 15.3. The molecular formula is C57H53N. The standard InChI is InChI=1S/C57H53N/c1-55(2)29-30-56(3,4)54-46(20-11-23-50(54)55)39-15-9-16-43(35-39)58(42-27-25-38(26-28-42)45-19-10-14-37-13-5-6-17-44(37)45)52-24-12-22-49-53(52)47-18-7-8-21-48(47)57(49)41-32-36-31-40(34-41)51(57)33-36/h5-28,35-36,40-41,51H,29-34H2,1-4H3. The minimum absolute atomic E-state index is 0.104. The summed E-state index contributed by atoms with van der Waals surface area (Å²) in [5.41, 5.74) is 18.4. The summed E-state index contributed by atoms with van der Waals surface area (Å²) >= 11 is 0. The van der Waals surface area contributed by atoms with Gasteiger partial charge in [0.25, 0.3) is 0 Å². The van der Waals surface area contributed by atoms with Crippen molar-refractivity contribution in [1.29, 1.82) is 0 Å². The Morgan fingerprint density at radius 1 is 0.500 bits per heavy atom. The Kier molecular flexibility index (Phi) is 7.35. The molecule has 1 nitrogen and oxygen atoms in total. The van der Waals surface area contributed by atoms with Gasteiger partial charge in [0.05, 0.1) is 5.69 Å². The maximum absolute atomic E-state index is 2.60. The fourth-order valence-corrected chi connectivity index (χ4v) is 13.7. The Balaban J connectivity index is 1.07. The third kappa shape index (κ3) is 4.77. The molecule has 6 aliphatic rings. The van der Waals surface area contributed by atoms with Gasteiger partial charge in [-0.2, -0.15) is 0 Å². The molecular weight excluding hydrogens is 699 g/mol. The third-order valence-corrected chi connectivity index (χ3v) is 16.1. The lowest BCUT2D eigenvalue weighted by Crippen LogP contribution is -2.40. The van der Waals surface area contributed by atoms with E-state index < -0.39 is 0 Å². The number of hydrogen-bond donors (Lipinski definition) is 0. The quantitative estimate of drug-likeness (QED) is 0.169. The second-order valence-corrected chi connectivity index (χ2v) is 19.9. The molecule has 6 aliphatic carbocycles. The Bertz CT molecular complexity index is 2780. The van der Waals surface area contributed by atoms with E-state index in [0.717, 1.165) is 23.7 Å². The van der Waals surface area contributed by atoms with Crippen molar-refractivity contribution in [3.63, 3.8) is 0 Å². The van der Waals surface area contributed by atoms with Crippen LogP contribution >= 0.6 is 0 Å². The molecule has 0 aliphatic heterocycles. The second kappa shape index (κ2) is 12.3. The van der Waals surface area contributed by atoms with E-state index in [0.29, 0.717) is 0 Å². The van der Waals surface area contributed by atoms with Gasteiger partial charge in [0.2, 0.25) is 0 Å². The van der Waals surface area contributed by atoms with Crippen LogP contribution in [0.25, 0.3) is 44.2 Å². The summed E-state index contributed by atoms with van der Waals surface area (Å²) in [6.45, 7) is 9.79. The molecule has 0 saturated heterocycles. The molecule has 1 heteroatoms. The van der Waals surface area contributed by atoms with Crippen LogP contribution in [0, 0.1) is 23.7 Å². The number of hydrogen-bond acceptors (Lipinski definition) is 1. The lowest BCUT2D eigenvalue weighted by atomic mass is 9.59. The van der Waals surface area contributed by atoms with Gasteiger partial charge in [-0.25, -0.2) is 0 Å². The van der Waals surface area contributed by atoms with Crippen molar-refractivity contribution in [2.24, 2.45) is 23.7 Å². The minimum Gasteiger partial charge on any atom is -0.310 e. The average Bonchev–Trinajstić information content (AvgIpc) is 3.80. The van der Waals surface area contributed by atoms with Crippen LogP contribution in [0.15, 0.2) is 152 Å². The van der Waals surface area contributed by atoms with E-state index in [1.54, 1.807) is 11.1 Å². The number of nitrogens with zero attached hydrogens (tertiary/aromatic N) is 1. The van der Waals surface area contributed by atoms with Crippen molar-refractivity contribution in [2.75, 3.05) is 4.90 Å². The molecule has 0 N–H and O–H groups in total. The van der Waals surface area contributed by atoms with Crippen LogP contribution in [0.3, 0.4) is 0 Å². The largest absolute Gasteiger partial charge is 0.310 e. The van der Waals surface area contributed by atoms with E-state index in [1.165, 1.54) is 111 Å². The van der Waals surface area contributed by atoms with Gasteiger partial charge < -0.3 is 4.90 Å². The van der Waals surface area contributed by atoms with Crippen LogP contribution < -0.4 is 4.90 Å². The van der Waals surface area contributed by atoms with Crippen molar-refractivity contribution in [2.45, 2.75) is 82.5 Å². The molecule has 4 bridgehead atoms. The first-order chi connectivity index (χ1) is 28.2. The fraction of sp³-hybridized carbons (Fsp3) is 0.298. The second-order valence-electron chi connectivity index (χ2n) is 19.9. The molecule has 5 unspecified atom stereocenters. The van der Waals surface area contributed by atoms with Crippen molar-refractivity contribution in [3.8, 4) is 33.4 Å². The molecule has 0 aromatic heterocycles. The van der Waals surface area contributed by atoms with Crippen LogP contribution in [0.5, 0.6) is 0 Å². The summed E-state index contributed by atoms with van der Waals surface area (Å²) in [4.78, 5) is 2.60. The van der Waals surface area contributed by atoms with E-state index in [4.69, 9.17) is 0 Å². The molecule has 7 aromatic rings. The van der Waals surface area contributed by atoms with E-state index in [-0.39, 0.29) is 16.2 Å². The Labute approximate surface area is 344 Å². The molecule has 7 aromatic carbocycles. The highest BCUT2D eigenvalue weighted by atomic mass is 15.1. The SMILES string of the molecule is CC1(C)CCC(C)(C)c2c(-c3cccc(N(c4ccc(-c5cccc6ccccc56)cc4)c4cccc5c4-c4ccccc4C54C5CC6CC(C5)C4C6)c3)cccc21. The molecule has 4 fully saturated rings. The third-order valence-electron chi connectivity index (χ3n) is 16.1. The lowest BCUT2D eigenvalue weighted by Gasteiger charge is -2.44. The summed E-state index contributed by atoms with van der Waals surface area (Å²) in [7, 11) is 0. The summed E-state index contributed by atoms with van der Waals surface area (Å²) in [6.07, 6.45) is 8.04. The number of fused-ring (bicyclic) bond motifs is 5. The van der Waals surface area contributed by atoms with E-state index in [9.17, 15) is 0 Å². The van der Waals surface area contributed by atoms with Crippen LogP contribution in [0.1, 0.15) is 88.5 Å². The van der Waals surface area contributed by atoms with E-state index >= 15 is 0 Å². The zero-order valence-electron chi connectivity index (χ0n) is 34.4. The smallest absolute Gasteiger partial charge is 0.0543 e.